The van der Waals surface area contributed by atoms with Crippen LogP contribution in [0.3, 0.4) is 0 Å². The molecule has 0 aliphatic heterocycles. The summed E-state index contributed by atoms with van der Waals surface area (Å²) in [6, 6.07) is 15.1. The van der Waals surface area contributed by atoms with Gasteiger partial charge < -0.3 is 10.1 Å². The van der Waals surface area contributed by atoms with Gasteiger partial charge in [-0.3, -0.25) is 4.79 Å². The largest absolute Gasteiger partial charge is 0.492 e. The molecule has 158 valence electrons. The van der Waals surface area contributed by atoms with Gasteiger partial charge >= 0.3 is 0 Å². The summed E-state index contributed by atoms with van der Waals surface area (Å²) in [5.41, 5.74) is 1.41. The van der Waals surface area contributed by atoms with E-state index in [0.29, 0.717) is 5.56 Å². The van der Waals surface area contributed by atoms with Crippen LogP contribution in [0, 0.1) is 3.57 Å². The minimum absolute atomic E-state index is 0.104. The van der Waals surface area contributed by atoms with Crippen LogP contribution < -0.4 is 10.1 Å². The highest BCUT2D eigenvalue weighted by Gasteiger charge is 2.08. The van der Waals surface area contributed by atoms with Crippen molar-refractivity contribution in [2.75, 3.05) is 11.9 Å². The Balaban J connectivity index is 1.65. The van der Waals surface area contributed by atoms with Gasteiger partial charge in [-0.2, -0.15) is 0 Å². The highest BCUT2D eigenvalue weighted by atomic mass is 127. The van der Waals surface area contributed by atoms with Crippen LogP contribution in [0.4, 0.5) is 5.69 Å². The minimum Gasteiger partial charge on any atom is -0.492 e. The van der Waals surface area contributed by atoms with E-state index in [2.05, 4.69) is 34.8 Å². The van der Waals surface area contributed by atoms with Crippen LogP contribution in [0.25, 0.3) is 0 Å². The number of carbonyl (C=O) groups excluding carboxylic acids is 1. The third-order valence-corrected chi connectivity index (χ3v) is 5.87. The molecular weight excluding hydrogens is 473 g/mol. The number of amides is 1. The SMILES string of the molecule is CCCCCCCCCCCCOc1cc(NC(=O)c2ccccc2)ccc1I. The fourth-order valence-electron chi connectivity index (χ4n) is 3.26. The van der Waals surface area contributed by atoms with Gasteiger partial charge in [0.05, 0.1) is 10.2 Å². The predicted molar refractivity (Wildman–Crippen MR) is 131 cm³/mol. The molecule has 0 unspecified atom stereocenters. The monoisotopic (exact) mass is 507 g/mol. The molecule has 3 nitrogen and oxygen atoms in total. The molecule has 4 heteroatoms. The maximum absolute atomic E-state index is 12.3. The summed E-state index contributed by atoms with van der Waals surface area (Å²) in [6.07, 6.45) is 13.2. The van der Waals surface area contributed by atoms with Crippen molar-refractivity contribution in [2.24, 2.45) is 0 Å². The summed E-state index contributed by atoms with van der Waals surface area (Å²) in [5, 5.41) is 2.95. The lowest BCUT2D eigenvalue weighted by Crippen LogP contribution is -2.11. The van der Waals surface area contributed by atoms with E-state index in [-0.39, 0.29) is 5.91 Å². The molecule has 0 heterocycles. The summed E-state index contributed by atoms with van der Waals surface area (Å²) >= 11 is 2.28. The molecule has 0 radical (unpaired) electrons. The topological polar surface area (TPSA) is 38.3 Å². The van der Waals surface area contributed by atoms with E-state index in [9.17, 15) is 4.79 Å². The number of nitrogens with one attached hydrogen (secondary N) is 1. The number of carbonyl (C=O) groups is 1. The average molecular weight is 507 g/mol. The number of ether oxygens (including phenoxy) is 1. The van der Waals surface area contributed by atoms with Crippen LogP contribution in [-0.4, -0.2) is 12.5 Å². The molecule has 0 aliphatic rings. The molecule has 2 aromatic carbocycles. The zero-order valence-corrected chi connectivity index (χ0v) is 19.7. The van der Waals surface area contributed by atoms with E-state index in [0.717, 1.165) is 28.0 Å². The van der Waals surface area contributed by atoms with Gasteiger partial charge in [0.15, 0.2) is 0 Å². The second-order valence-corrected chi connectivity index (χ2v) is 8.66. The van der Waals surface area contributed by atoms with E-state index >= 15 is 0 Å². The summed E-state index contributed by atoms with van der Waals surface area (Å²) < 4.78 is 7.04. The number of rotatable bonds is 14. The van der Waals surface area contributed by atoms with Gasteiger partial charge in [-0.05, 0) is 53.3 Å². The summed E-state index contributed by atoms with van der Waals surface area (Å²) in [7, 11) is 0. The Morgan fingerprint density at radius 2 is 1.48 bits per heavy atom. The van der Waals surface area contributed by atoms with Crippen LogP contribution in [0.5, 0.6) is 5.75 Å². The van der Waals surface area contributed by atoms with E-state index in [1.54, 1.807) is 0 Å². The molecule has 1 N–H and O–H groups in total. The first-order valence-electron chi connectivity index (χ1n) is 11.0. The van der Waals surface area contributed by atoms with Gasteiger partial charge in [0.2, 0.25) is 0 Å². The lowest BCUT2D eigenvalue weighted by Gasteiger charge is -2.11. The summed E-state index contributed by atoms with van der Waals surface area (Å²) in [6.45, 7) is 2.99. The Hall–Kier alpha value is -1.56. The molecule has 0 bridgehead atoms. The number of benzene rings is 2. The van der Waals surface area contributed by atoms with Crippen molar-refractivity contribution >= 4 is 34.2 Å². The van der Waals surface area contributed by atoms with Gasteiger partial charge in [0.1, 0.15) is 5.75 Å². The molecule has 0 saturated carbocycles. The smallest absolute Gasteiger partial charge is 0.255 e. The number of unbranched alkanes of at least 4 members (excludes halogenated alkanes) is 9. The maximum Gasteiger partial charge on any atom is 0.255 e. The molecule has 0 fully saturated rings. The molecule has 0 atom stereocenters. The summed E-state index contributed by atoms with van der Waals surface area (Å²) in [5.74, 6) is 0.736. The van der Waals surface area contributed by atoms with Crippen molar-refractivity contribution in [3.05, 3.63) is 57.7 Å². The van der Waals surface area contributed by atoms with Gasteiger partial charge in [-0.25, -0.2) is 0 Å². The fourth-order valence-corrected chi connectivity index (χ4v) is 3.75. The molecule has 0 spiro atoms. The van der Waals surface area contributed by atoms with Gasteiger partial charge in [0, 0.05) is 17.3 Å². The summed E-state index contributed by atoms with van der Waals surface area (Å²) in [4.78, 5) is 12.3. The van der Waals surface area contributed by atoms with Crippen LogP contribution >= 0.6 is 22.6 Å². The second-order valence-electron chi connectivity index (χ2n) is 7.50. The molecule has 0 aliphatic carbocycles. The first kappa shape index (κ1) is 23.7. The normalized spacial score (nSPS) is 10.7. The van der Waals surface area contributed by atoms with Crippen molar-refractivity contribution in [3.63, 3.8) is 0 Å². The minimum atomic E-state index is -0.104. The van der Waals surface area contributed by atoms with Crippen molar-refractivity contribution < 1.29 is 9.53 Å². The Bertz CT molecular complexity index is 718. The molecule has 0 saturated heterocycles. The van der Waals surface area contributed by atoms with Crippen LogP contribution in [0.15, 0.2) is 48.5 Å². The van der Waals surface area contributed by atoms with Gasteiger partial charge in [-0.15, -0.1) is 0 Å². The standard InChI is InChI=1S/C25H34INO2/c1-2-3-4-5-6-7-8-9-10-14-19-29-24-20-22(17-18-23(24)26)27-25(28)21-15-12-11-13-16-21/h11-13,15-18,20H,2-10,14,19H2,1H3,(H,27,28). The Morgan fingerprint density at radius 3 is 2.14 bits per heavy atom. The zero-order chi connectivity index (χ0) is 20.7. The molecule has 2 rings (SSSR count). The predicted octanol–water partition coefficient (Wildman–Crippen LogP) is 7.84. The van der Waals surface area contributed by atoms with Crippen molar-refractivity contribution in [1.29, 1.82) is 0 Å². The third-order valence-electron chi connectivity index (χ3n) is 4.98. The number of hydrogen-bond donors (Lipinski definition) is 1. The fraction of sp³-hybridized carbons (Fsp3) is 0.480. The van der Waals surface area contributed by atoms with E-state index in [1.807, 2.05) is 48.5 Å². The van der Waals surface area contributed by atoms with Crippen molar-refractivity contribution in [1.82, 2.24) is 0 Å². The van der Waals surface area contributed by atoms with Gasteiger partial charge in [0.25, 0.3) is 5.91 Å². The molecule has 1 amide bonds. The highest BCUT2D eigenvalue weighted by molar-refractivity contribution is 14.1. The molecule has 0 aromatic heterocycles. The van der Waals surface area contributed by atoms with Gasteiger partial charge in [-0.1, -0.05) is 82.9 Å². The van der Waals surface area contributed by atoms with Crippen LogP contribution in [0.2, 0.25) is 0 Å². The second kappa shape index (κ2) is 14.4. The van der Waals surface area contributed by atoms with E-state index in [4.69, 9.17) is 4.74 Å². The third kappa shape index (κ3) is 9.66. The zero-order valence-electron chi connectivity index (χ0n) is 17.6. The quantitative estimate of drug-likeness (QED) is 0.209. The van der Waals surface area contributed by atoms with Crippen LogP contribution in [-0.2, 0) is 0 Å². The van der Waals surface area contributed by atoms with Crippen molar-refractivity contribution in [3.8, 4) is 5.75 Å². The first-order valence-corrected chi connectivity index (χ1v) is 12.1. The maximum atomic E-state index is 12.3. The lowest BCUT2D eigenvalue weighted by molar-refractivity contribution is 0.102. The Kier molecular flexibility index (Phi) is 11.8. The Labute approximate surface area is 189 Å². The van der Waals surface area contributed by atoms with Crippen molar-refractivity contribution in [2.45, 2.75) is 71.1 Å². The number of hydrogen-bond acceptors (Lipinski definition) is 2. The lowest BCUT2D eigenvalue weighted by atomic mass is 10.1. The molecule has 2 aromatic rings. The Morgan fingerprint density at radius 1 is 0.862 bits per heavy atom. The number of halogens is 1. The highest BCUT2D eigenvalue weighted by Crippen LogP contribution is 2.25. The molecular formula is C25H34INO2. The molecule has 29 heavy (non-hydrogen) atoms. The van der Waals surface area contributed by atoms with E-state index < -0.39 is 0 Å². The first-order chi connectivity index (χ1) is 14.2. The number of anilines is 1. The van der Waals surface area contributed by atoms with E-state index in [1.165, 1.54) is 57.8 Å². The van der Waals surface area contributed by atoms with Crippen LogP contribution in [0.1, 0.15) is 81.5 Å². The average Bonchev–Trinajstić information content (AvgIpc) is 2.74.